The molecule has 2 heteroatoms. The molecule has 0 aromatic heterocycles. The smallest absolute Gasteiger partial charge is 0.120 e. The van der Waals surface area contributed by atoms with Crippen LogP contribution >= 0.6 is 0 Å². The predicted octanol–water partition coefficient (Wildman–Crippen LogP) is 4.92. The third-order valence-corrected chi connectivity index (χ3v) is 5.52. The molecule has 2 nitrogen and oxygen atoms in total. The van der Waals surface area contributed by atoms with Crippen LogP contribution in [0.2, 0.25) is 0 Å². The number of hydrogen-bond acceptors (Lipinski definition) is 2. The third kappa shape index (κ3) is 3.84. The largest absolute Gasteiger partial charge is 0.508 e. The molecule has 1 aromatic rings. The van der Waals surface area contributed by atoms with E-state index in [2.05, 4.69) is 30.9 Å². The van der Waals surface area contributed by atoms with Crippen LogP contribution in [0, 0.1) is 11.8 Å². The zero-order valence-electron chi connectivity index (χ0n) is 14.2. The van der Waals surface area contributed by atoms with Crippen LogP contribution in [0.1, 0.15) is 69.4 Å². The zero-order chi connectivity index (χ0) is 15.5. The van der Waals surface area contributed by atoms with Crippen LogP contribution in [-0.2, 0) is 6.54 Å². The van der Waals surface area contributed by atoms with Gasteiger partial charge in [0.1, 0.15) is 5.75 Å². The van der Waals surface area contributed by atoms with Crippen LogP contribution in [0.3, 0.4) is 0 Å². The minimum absolute atomic E-state index is 0.477. The first kappa shape index (κ1) is 15.9. The molecule has 0 radical (unpaired) electrons. The van der Waals surface area contributed by atoms with Gasteiger partial charge in [0.15, 0.2) is 0 Å². The average Bonchev–Trinajstić information content (AvgIpc) is 2.49. The molecule has 2 atom stereocenters. The second kappa shape index (κ2) is 7.04. The lowest BCUT2D eigenvalue weighted by molar-refractivity contribution is 0.133. The van der Waals surface area contributed by atoms with Crippen molar-refractivity contribution in [3.8, 4) is 5.75 Å². The Kier molecular flexibility index (Phi) is 5.07. The Morgan fingerprint density at radius 2 is 1.73 bits per heavy atom. The van der Waals surface area contributed by atoms with Crippen molar-refractivity contribution < 1.29 is 5.11 Å². The van der Waals surface area contributed by atoms with Gasteiger partial charge in [-0.3, -0.25) is 4.90 Å². The van der Waals surface area contributed by atoms with Gasteiger partial charge < -0.3 is 5.11 Å². The van der Waals surface area contributed by atoms with Crippen molar-refractivity contribution in [3.63, 3.8) is 0 Å². The van der Waals surface area contributed by atoms with Crippen LogP contribution in [0.4, 0.5) is 0 Å². The van der Waals surface area contributed by atoms with Crippen LogP contribution < -0.4 is 0 Å². The van der Waals surface area contributed by atoms with Gasteiger partial charge in [0.25, 0.3) is 0 Å². The van der Waals surface area contributed by atoms with E-state index < -0.39 is 0 Å². The molecule has 1 aromatic carbocycles. The summed E-state index contributed by atoms with van der Waals surface area (Å²) in [5, 5.41) is 10.3. The highest BCUT2D eigenvalue weighted by molar-refractivity contribution is 5.37. The maximum absolute atomic E-state index is 10.3. The molecule has 22 heavy (non-hydrogen) atoms. The highest BCUT2D eigenvalue weighted by Crippen LogP contribution is 2.35. The summed E-state index contributed by atoms with van der Waals surface area (Å²) in [7, 11) is 0. The molecule has 2 unspecified atom stereocenters. The molecule has 1 saturated carbocycles. The summed E-state index contributed by atoms with van der Waals surface area (Å²) in [4.78, 5) is 2.53. The molecule has 1 heterocycles. The van der Waals surface area contributed by atoms with Gasteiger partial charge in [-0.1, -0.05) is 45.2 Å². The number of aromatic hydroxyl groups is 1. The summed E-state index contributed by atoms with van der Waals surface area (Å²) in [5.41, 5.74) is 2.58. The van der Waals surface area contributed by atoms with E-state index in [0.29, 0.717) is 11.7 Å². The minimum atomic E-state index is 0.477. The Hall–Kier alpha value is -1.02. The van der Waals surface area contributed by atoms with Gasteiger partial charge >= 0.3 is 0 Å². The number of nitrogens with zero attached hydrogens (tertiary/aromatic N) is 1. The lowest BCUT2D eigenvalue weighted by Gasteiger charge is -2.35. The Labute approximate surface area is 135 Å². The van der Waals surface area contributed by atoms with Crippen LogP contribution in [0.5, 0.6) is 5.75 Å². The number of likely N-dealkylation sites (tertiary alicyclic amines) is 1. The Morgan fingerprint density at radius 3 is 2.41 bits per heavy atom. The van der Waals surface area contributed by atoms with Crippen molar-refractivity contribution in [2.45, 2.75) is 64.8 Å². The molecule has 0 amide bonds. The maximum Gasteiger partial charge on any atom is 0.120 e. The molecule has 3 rings (SSSR count). The molecule has 1 saturated heterocycles. The highest BCUT2D eigenvalue weighted by Gasteiger charge is 2.23. The van der Waals surface area contributed by atoms with Gasteiger partial charge in [-0.15, -0.1) is 0 Å². The molecule has 0 spiro atoms. The highest BCUT2D eigenvalue weighted by atomic mass is 16.3. The van der Waals surface area contributed by atoms with Crippen LogP contribution in [-0.4, -0.2) is 23.1 Å². The Balaban J connectivity index is 1.72. The standard InChI is InChI=1S/C20H31NO/c1-15-10-16(2)13-21(12-15)14-19-11-18(8-9-20(19)22)17-6-4-3-5-7-17/h8-9,11,15-17,22H,3-7,10,12-14H2,1-2H3. The van der Waals surface area contributed by atoms with Crippen LogP contribution in [0.25, 0.3) is 0 Å². The summed E-state index contributed by atoms with van der Waals surface area (Å²) in [6.07, 6.45) is 8.10. The normalized spacial score (nSPS) is 27.9. The fourth-order valence-corrected chi connectivity index (χ4v) is 4.58. The van der Waals surface area contributed by atoms with Gasteiger partial charge in [0.05, 0.1) is 0 Å². The maximum atomic E-state index is 10.3. The number of piperidine rings is 1. The SMILES string of the molecule is CC1CC(C)CN(Cc2cc(C3CCCCC3)ccc2O)C1. The second-order valence-corrected chi connectivity index (χ2v) is 7.86. The van der Waals surface area contributed by atoms with Gasteiger partial charge in [-0.25, -0.2) is 0 Å². The van der Waals surface area contributed by atoms with E-state index in [1.54, 1.807) is 0 Å². The third-order valence-electron chi connectivity index (χ3n) is 5.52. The fraction of sp³-hybridized carbons (Fsp3) is 0.700. The molecule has 1 N–H and O–H groups in total. The van der Waals surface area contributed by atoms with Crippen molar-refractivity contribution in [3.05, 3.63) is 29.3 Å². The Morgan fingerprint density at radius 1 is 1.05 bits per heavy atom. The van der Waals surface area contributed by atoms with Crippen molar-refractivity contribution >= 4 is 0 Å². The first-order valence-corrected chi connectivity index (χ1v) is 9.16. The fourth-order valence-electron chi connectivity index (χ4n) is 4.58. The first-order chi connectivity index (χ1) is 10.6. The van der Waals surface area contributed by atoms with E-state index in [-0.39, 0.29) is 0 Å². The van der Waals surface area contributed by atoms with Crippen molar-refractivity contribution in [1.82, 2.24) is 4.90 Å². The quantitative estimate of drug-likeness (QED) is 0.856. The number of rotatable bonds is 3. The van der Waals surface area contributed by atoms with Crippen molar-refractivity contribution in [2.24, 2.45) is 11.8 Å². The Bertz CT molecular complexity index is 482. The molecular formula is C20H31NO. The molecule has 1 aliphatic heterocycles. The van der Waals surface area contributed by atoms with Gasteiger partial charge in [-0.05, 0) is 48.6 Å². The molecular weight excluding hydrogens is 270 g/mol. The summed E-state index contributed by atoms with van der Waals surface area (Å²) in [6.45, 7) is 7.93. The van der Waals surface area contributed by atoms with Gasteiger partial charge in [0.2, 0.25) is 0 Å². The number of phenolic OH excluding ortho intramolecular Hbond substituents is 1. The number of benzene rings is 1. The lowest BCUT2D eigenvalue weighted by atomic mass is 9.83. The zero-order valence-corrected chi connectivity index (χ0v) is 14.2. The van der Waals surface area contributed by atoms with E-state index in [1.807, 2.05) is 6.07 Å². The summed E-state index contributed by atoms with van der Waals surface area (Å²) >= 11 is 0. The summed E-state index contributed by atoms with van der Waals surface area (Å²) < 4.78 is 0. The minimum Gasteiger partial charge on any atom is -0.508 e. The number of phenols is 1. The number of hydrogen-bond donors (Lipinski definition) is 1. The molecule has 1 aliphatic carbocycles. The molecule has 2 fully saturated rings. The van der Waals surface area contributed by atoms with E-state index in [1.165, 1.54) is 44.1 Å². The first-order valence-electron chi connectivity index (χ1n) is 9.16. The van der Waals surface area contributed by atoms with Gasteiger partial charge in [-0.2, -0.15) is 0 Å². The lowest BCUT2D eigenvalue weighted by Crippen LogP contribution is -2.38. The molecule has 2 aliphatic rings. The second-order valence-electron chi connectivity index (χ2n) is 7.86. The average molecular weight is 301 g/mol. The topological polar surface area (TPSA) is 23.5 Å². The summed E-state index contributed by atoms with van der Waals surface area (Å²) in [6, 6.07) is 6.36. The van der Waals surface area contributed by atoms with E-state index in [0.717, 1.165) is 37.0 Å². The molecule has 122 valence electrons. The van der Waals surface area contributed by atoms with Crippen molar-refractivity contribution in [2.75, 3.05) is 13.1 Å². The monoisotopic (exact) mass is 301 g/mol. The van der Waals surface area contributed by atoms with E-state index in [9.17, 15) is 5.11 Å². The van der Waals surface area contributed by atoms with Crippen LogP contribution in [0.15, 0.2) is 18.2 Å². The summed E-state index contributed by atoms with van der Waals surface area (Å²) in [5.74, 6) is 2.73. The predicted molar refractivity (Wildman–Crippen MR) is 92.2 cm³/mol. The van der Waals surface area contributed by atoms with Crippen molar-refractivity contribution in [1.29, 1.82) is 0 Å². The van der Waals surface area contributed by atoms with E-state index in [4.69, 9.17) is 0 Å². The molecule has 0 bridgehead atoms. The van der Waals surface area contributed by atoms with E-state index >= 15 is 0 Å². The van der Waals surface area contributed by atoms with Gasteiger partial charge in [0, 0.05) is 25.2 Å².